The van der Waals surface area contributed by atoms with E-state index in [0.29, 0.717) is 12.2 Å². The van der Waals surface area contributed by atoms with Crippen molar-refractivity contribution in [3.63, 3.8) is 0 Å². The number of rotatable bonds is 9. The van der Waals surface area contributed by atoms with E-state index in [4.69, 9.17) is 14.2 Å². The van der Waals surface area contributed by atoms with E-state index >= 15 is 0 Å². The van der Waals surface area contributed by atoms with E-state index in [2.05, 4.69) is 25.6 Å². The molecule has 0 aliphatic rings. The molecule has 0 unspecified atom stereocenters. The molecule has 0 N–H and O–H groups in total. The molecular formula is C18H26O4. The normalized spacial score (nSPS) is 10.2. The summed E-state index contributed by atoms with van der Waals surface area (Å²) < 4.78 is 16.1. The fourth-order valence-electron chi connectivity index (χ4n) is 2.31. The summed E-state index contributed by atoms with van der Waals surface area (Å²) in [7, 11) is 3.31. The van der Waals surface area contributed by atoms with E-state index < -0.39 is 0 Å². The van der Waals surface area contributed by atoms with Crippen LogP contribution in [0.5, 0.6) is 11.5 Å². The number of hydrogen-bond acceptors (Lipinski definition) is 4. The molecule has 0 spiro atoms. The quantitative estimate of drug-likeness (QED) is 0.396. The Labute approximate surface area is 133 Å². The lowest BCUT2D eigenvalue weighted by Crippen LogP contribution is -2.07. The SMILES string of the molecule is C=C(C)C(=O)OCCCc1ccc(CCC)c(OC)c1OC. The molecule has 0 radical (unpaired) electrons. The molecule has 1 aromatic carbocycles. The van der Waals surface area contributed by atoms with Crippen LogP contribution in [0.4, 0.5) is 0 Å². The van der Waals surface area contributed by atoms with Crippen molar-refractivity contribution in [2.75, 3.05) is 20.8 Å². The van der Waals surface area contributed by atoms with Gasteiger partial charge in [-0.05, 0) is 37.3 Å². The van der Waals surface area contributed by atoms with E-state index in [-0.39, 0.29) is 5.97 Å². The Morgan fingerprint density at radius 1 is 1.09 bits per heavy atom. The minimum absolute atomic E-state index is 0.345. The molecule has 0 aliphatic carbocycles. The first kappa shape index (κ1) is 18.1. The molecule has 122 valence electrons. The lowest BCUT2D eigenvalue weighted by Gasteiger charge is -2.16. The lowest BCUT2D eigenvalue weighted by molar-refractivity contribution is -0.139. The smallest absolute Gasteiger partial charge is 0.333 e. The van der Waals surface area contributed by atoms with E-state index in [1.807, 2.05) is 0 Å². The van der Waals surface area contributed by atoms with Gasteiger partial charge in [0.25, 0.3) is 0 Å². The molecule has 4 heteroatoms. The Morgan fingerprint density at radius 3 is 2.09 bits per heavy atom. The zero-order valence-electron chi connectivity index (χ0n) is 14.0. The van der Waals surface area contributed by atoms with Crippen LogP contribution < -0.4 is 9.47 Å². The highest BCUT2D eigenvalue weighted by Gasteiger charge is 2.14. The maximum atomic E-state index is 11.3. The summed E-state index contributed by atoms with van der Waals surface area (Å²) in [5.41, 5.74) is 2.63. The zero-order valence-corrected chi connectivity index (χ0v) is 14.0. The molecule has 0 bridgehead atoms. The standard InChI is InChI=1S/C18H26O4/c1-6-8-14-10-11-15(17(21-5)16(14)20-4)9-7-12-22-18(19)13(2)3/h10-11H,2,6-9,12H2,1,3-5H3. The lowest BCUT2D eigenvalue weighted by atomic mass is 10.0. The fourth-order valence-corrected chi connectivity index (χ4v) is 2.31. The predicted molar refractivity (Wildman–Crippen MR) is 87.6 cm³/mol. The Morgan fingerprint density at radius 2 is 1.64 bits per heavy atom. The minimum Gasteiger partial charge on any atom is -0.493 e. The molecule has 22 heavy (non-hydrogen) atoms. The van der Waals surface area contributed by atoms with Crippen LogP contribution in [0.25, 0.3) is 0 Å². The summed E-state index contributed by atoms with van der Waals surface area (Å²) in [5, 5.41) is 0. The van der Waals surface area contributed by atoms with Gasteiger partial charge in [-0.3, -0.25) is 0 Å². The minimum atomic E-state index is -0.345. The number of esters is 1. The Balaban J connectivity index is 2.74. The molecular weight excluding hydrogens is 280 g/mol. The fraction of sp³-hybridized carbons (Fsp3) is 0.500. The average Bonchev–Trinajstić information content (AvgIpc) is 2.51. The van der Waals surface area contributed by atoms with Crippen molar-refractivity contribution in [3.05, 3.63) is 35.4 Å². The van der Waals surface area contributed by atoms with Gasteiger partial charge >= 0.3 is 5.97 Å². The predicted octanol–water partition coefficient (Wildman–Crippen LogP) is 3.71. The summed E-state index contributed by atoms with van der Waals surface area (Å²) in [6.07, 6.45) is 3.49. The molecule has 0 heterocycles. The maximum absolute atomic E-state index is 11.3. The van der Waals surface area contributed by atoms with E-state index in [9.17, 15) is 4.79 Å². The Hall–Kier alpha value is -1.97. The first-order chi connectivity index (χ1) is 10.5. The molecule has 0 amide bonds. The molecule has 0 fully saturated rings. The van der Waals surface area contributed by atoms with Gasteiger partial charge in [0, 0.05) is 5.57 Å². The first-order valence-corrected chi connectivity index (χ1v) is 7.60. The number of benzene rings is 1. The second-order valence-corrected chi connectivity index (χ2v) is 5.22. The highest BCUT2D eigenvalue weighted by molar-refractivity contribution is 5.86. The number of methoxy groups -OCH3 is 2. The van der Waals surface area contributed by atoms with Gasteiger partial charge in [-0.1, -0.05) is 32.1 Å². The molecule has 4 nitrogen and oxygen atoms in total. The third-order valence-electron chi connectivity index (χ3n) is 3.37. The van der Waals surface area contributed by atoms with Crippen molar-refractivity contribution < 1.29 is 19.0 Å². The average molecular weight is 306 g/mol. The molecule has 1 aromatic rings. The molecule has 0 saturated heterocycles. The summed E-state index contributed by atoms with van der Waals surface area (Å²) in [6.45, 7) is 7.70. The maximum Gasteiger partial charge on any atom is 0.333 e. The Bertz CT molecular complexity index is 520. The van der Waals surface area contributed by atoms with Crippen molar-refractivity contribution in [2.45, 2.75) is 39.5 Å². The number of ether oxygens (including phenoxy) is 3. The van der Waals surface area contributed by atoms with Crippen LogP contribution in [0, 0.1) is 0 Å². The third kappa shape index (κ3) is 4.79. The van der Waals surface area contributed by atoms with Gasteiger partial charge < -0.3 is 14.2 Å². The molecule has 0 saturated carbocycles. The van der Waals surface area contributed by atoms with Crippen molar-refractivity contribution >= 4 is 5.97 Å². The van der Waals surface area contributed by atoms with Crippen molar-refractivity contribution in [2.24, 2.45) is 0 Å². The Kier molecular flexibility index (Phi) is 7.50. The molecule has 1 rings (SSSR count). The highest BCUT2D eigenvalue weighted by atomic mass is 16.5. The summed E-state index contributed by atoms with van der Waals surface area (Å²) in [5.74, 6) is 1.24. The van der Waals surface area contributed by atoms with Gasteiger partial charge in [0.15, 0.2) is 11.5 Å². The largest absolute Gasteiger partial charge is 0.493 e. The zero-order chi connectivity index (χ0) is 16.5. The van der Waals surface area contributed by atoms with Gasteiger partial charge in [0.2, 0.25) is 0 Å². The molecule has 0 aliphatic heterocycles. The van der Waals surface area contributed by atoms with Gasteiger partial charge in [-0.2, -0.15) is 0 Å². The number of carbonyl (C=O) groups is 1. The van der Waals surface area contributed by atoms with E-state index in [0.717, 1.165) is 48.3 Å². The van der Waals surface area contributed by atoms with Gasteiger partial charge in [0.1, 0.15) is 0 Å². The van der Waals surface area contributed by atoms with Crippen LogP contribution >= 0.6 is 0 Å². The first-order valence-electron chi connectivity index (χ1n) is 7.60. The van der Waals surface area contributed by atoms with Crippen molar-refractivity contribution in [1.82, 2.24) is 0 Å². The van der Waals surface area contributed by atoms with Crippen LogP contribution in [0.2, 0.25) is 0 Å². The van der Waals surface area contributed by atoms with E-state index in [1.165, 1.54) is 0 Å². The third-order valence-corrected chi connectivity index (χ3v) is 3.37. The topological polar surface area (TPSA) is 44.8 Å². The molecule has 0 aromatic heterocycles. The van der Waals surface area contributed by atoms with Crippen molar-refractivity contribution in [3.8, 4) is 11.5 Å². The van der Waals surface area contributed by atoms with Gasteiger partial charge in [0.05, 0.1) is 20.8 Å². The van der Waals surface area contributed by atoms with Crippen LogP contribution in [0.15, 0.2) is 24.3 Å². The summed E-state index contributed by atoms with van der Waals surface area (Å²) in [6, 6.07) is 4.15. The van der Waals surface area contributed by atoms with Gasteiger partial charge in [-0.25, -0.2) is 4.79 Å². The number of hydrogen-bond donors (Lipinski definition) is 0. The van der Waals surface area contributed by atoms with Gasteiger partial charge in [-0.15, -0.1) is 0 Å². The van der Waals surface area contributed by atoms with E-state index in [1.54, 1.807) is 21.1 Å². The van der Waals surface area contributed by atoms with Crippen molar-refractivity contribution in [1.29, 1.82) is 0 Å². The van der Waals surface area contributed by atoms with Crippen LogP contribution in [-0.2, 0) is 22.4 Å². The van der Waals surface area contributed by atoms with Crippen LogP contribution in [0.3, 0.4) is 0 Å². The second-order valence-electron chi connectivity index (χ2n) is 5.22. The van der Waals surface area contributed by atoms with Crippen LogP contribution in [-0.4, -0.2) is 26.8 Å². The monoisotopic (exact) mass is 306 g/mol. The highest BCUT2D eigenvalue weighted by Crippen LogP contribution is 2.36. The number of carbonyl (C=O) groups excluding carboxylic acids is 1. The summed E-state index contributed by atoms with van der Waals surface area (Å²) >= 11 is 0. The van der Waals surface area contributed by atoms with Crippen LogP contribution in [0.1, 0.15) is 37.8 Å². The summed E-state index contributed by atoms with van der Waals surface area (Å²) in [4.78, 5) is 11.3. The second kappa shape index (κ2) is 9.13. The number of aryl methyl sites for hydroxylation is 2. The molecule has 0 atom stereocenters.